The van der Waals surface area contributed by atoms with Gasteiger partial charge in [0.1, 0.15) is 10.9 Å². The fraction of sp³-hybridized carbons (Fsp3) is 0.400. The number of ether oxygens (including phenoxy) is 1. The third kappa shape index (κ3) is 3.19. The standard InChI is InChI=1S/C20H22N4O4S/c25-19(22-16-4-2-1-3-5-16)23-12-17-10-18-20(13-23,28-17)14-24(29(18,26)27)11-15-6-8-21-9-7-15/h1-9,17-18H,10-14H2,(H,22,25)/t17-,18+,20+/m0/s1. The van der Waals surface area contributed by atoms with Crippen LogP contribution in [0.25, 0.3) is 0 Å². The molecule has 3 fully saturated rings. The van der Waals surface area contributed by atoms with Crippen molar-refractivity contribution in [3.8, 4) is 0 Å². The van der Waals surface area contributed by atoms with Gasteiger partial charge in [0.25, 0.3) is 0 Å². The van der Waals surface area contributed by atoms with Gasteiger partial charge in [-0.25, -0.2) is 13.2 Å². The zero-order chi connectivity index (χ0) is 20.1. The van der Waals surface area contributed by atoms with Crippen LogP contribution in [-0.4, -0.2) is 65.2 Å². The monoisotopic (exact) mass is 414 g/mol. The second kappa shape index (κ2) is 6.79. The molecule has 4 heterocycles. The number of amides is 2. The van der Waals surface area contributed by atoms with E-state index >= 15 is 0 Å². The van der Waals surface area contributed by atoms with Crippen molar-refractivity contribution in [3.05, 3.63) is 60.4 Å². The number of nitrogens with one attached hydrogen (secondary N) is 1. The summed E-state index contributed by atoms with van der Waals surface area (Å²) >= 11 is 0. The van der Waals surface area contributed by atoms with Crippen molar-refractivity contribution in [1.82, 2.24) is 14.2 Å². The number of hydrogen-bond acceptors (Lipinski definition) is 5. The van der Waals surface area contributed by atoms with Gasteiger partial charge < -0.3 is 15.0 Å². The third-order valence-corrected chi connectivity index (χ3v) is 8.25. The van der Waals surface area contributed by atoms with E-state index in [-0.39, 0.29) is 31.8 Å². The highest BCUT2D eigenvalue weighted by Crippen LogP contribution is 2.47. The van der Waals surface area contributed by atoms with Gasteiger partial charge in [0, 0.05) is 37.7 Å². The van der Waals surface area contributed by atoms with E-state index in [1.54, 1.807) is 17.3 Å². The summed E-state index contributed by atoms with van der Waals surface area (Å²) in [6.45, 7) is 1.21. The van der Waals surface area contributed by atoms with Crippen LogP contribution in [0.3, 0.4) is 0 Å². The first-order chi connectivity index (χ1) is 14.0. The lowest BCUT2D eigenvalue weighted by Gasteiger charge is -2.39. The summed E-state index contributed by atoms with van der Waals surface area (Å²) in [6.07, 6.45) is 3.47. The second-order valence-electron chi connectivity index (χ2n) is 7.87. The summed E-state index contributed by atoms with van der Waals surface area (Å²) in [4.78, 5) is 18.5. The molecule has 0 saturated carbocycles. The highest BCUT2D eigenvalue weighted by Gasteiger charge is 2.65. The highest BCUT2D eigenvalue weighted by atomic mass is 32.2. The summed E-state index contributed by atoms with van der Waals surface area (Å²) in [5.41, 5.74) is 0.720. The van der Waals surface area contributed by atoms with Crippen LogP contribution >= 0.6 is 0 Å². The highest BCUT2D eigenvalue weighted by molar-refractivity contribution is 7.90. The van der Waals surface area contributed by atoms with Gasteiger partial charge in [0.2, 0.25) is 10.0 Å². The fourth-order valence-electron chi connectivity index (χ4n) is 4.66. The molecule has 9 heteroatoms. The number of rotatable bonds is 3. The first-order valence-corrected chi connectivity index (χ1v) is 11.1. The molecule has 3 aliphatic heterocycles. The number of pyridine rings is 1. The van der Waals surface area contributed by atoms with Crippen molar-refractivity contribution < 1.29 is 17.9 Å². The maximum absolute atomic E-state index is 13.2. The SMILES string of the molecule is O=C(Nc1ccccc1)N1C[C@@H]2C[C@@H]3[C@@](C1)(CN(Cc1ccncc1)S3(=O)=O)O2. The minimum atomic E-state index is -3.50. The van der Waals surface area contributed by atoms with Crippen molar-refractivity contribution in [2.45, 2.75) is 29.9 Å². The van der Waals surface area contributed by atoms with Crippen LogP contribution in [0.1, 0.15) is 12.0 Å². The Morgan fingerprint density at radius 3 is 2.69 bits per heavy atom. The maximum atomic E-state index is 13.2. The molecule has 1 aromatic carbocycles. The predicted octanol–water partition coefficient (Wildman–Crippen LogP) is 1.67. The molecule has 0 radical (unpaired) electrons. The van der Waals surface area contributed by atoms with Crippen LogP contribution in [0.5, 0.6) is 0 Å². The number of urea groups is 1. The van der Waals surface area contributed by atoms with Gasteiger partial charge in [-0.2, -0.15) is 4.31 Å². The van der Waals surface area contributed by atoms with Crippen LogP contribution in [0.2, 0.25) is 0 Å². The number of likely N-dealkylation sites (tertiary alicyclic amines) is 1. The molecular weight excluding hydrogens is 392 g/mol. The van der Waals surface area contributed by atoms with Crippen LogP contribution in [0.4, 0.5) is 10.5 Å². The first kappa shape index (κ1) is 18.5. The molecule has 2 amide bonds. The normalized spacial score (nSPS) is 30.1. The molecule has 2 aromatic rings. The molecule has 1 aromatic heterocycles. The number of fused-ring (bicyclic) bond motifs is 1. The van der Waals surface area contributed by atoms with E-state index in [1.807, 2.05) is 42.5 Å². The molecule has 1 spiro atoms. The Morgan fingerprint density at radius 1 is 1.17 bits per heavy atom. The van der Waals surface area contributed by atoms with Gasteiger partial charge in [0.05, 0.1) is 12.6 Å². The lowest BCUT2D eigenvalue weighted by atomic mass is 9.99. The lowest BCUT2D eigenvalue weighted by Crippen LogP contribution is -2.57. The Hall–Kier alpha value is -2.49. The van der Waals surface area contributed by atoms with Crippen molar-refractivity contribution in [2.75, 3.05) is 25.0 Å². The number of aromatic nitrogens is 1. The fourth-order valence-corrected chi connectivity index (χ4v) is 6.95. The van der Waals surface area contributed by atoms with Crippen molar-refractivity contribution >= 4 is 21.7 Å². The zero-order valence-corrected chi connectivity index (χ0v) is 16.6. The molecule has 152 valence electrons. The Kier molecular flexibility index (Phi) is 4.34. The summed E-state index contributed by atoms with van der Waals surface area (Å²) in [5.74, 6) is 0. The number of carbonyl (C=O) groups is 1. The number of morpholine rings is 1. The zero-order valence-electron chi connectivity index (χ0n) is 15.8. The molecule has 3 aliphatic rings. The lowest BCUT2D eigenvalue weighted by molar-refractivity contribution is -0.0946. The predicted molar refractivity (Wildman–Crippen MR) is 107 cm³/mol. The van der Waals surface area contributed by atoms with Gasteiger partial charge >= 0.3 is 6.03 Å². The van der Waals surface area contributed by atoms with Gasteiger partial charge in [-0.05, 0) is 36.2 Å². The van der Waals surface area contributed by atoms with Gasteiger partial charge in [-0.1, -0.05) is 18.2 Å². The Labute approximate surface area is 169 Å². The van der Waals surface area contributed by atoms with Crippen LogP contribution in [-0.2, 0) is 21.3 Å². The molecule has 2 bridgehead atoms. The quantitative estimate of drug-likeness (QED) is 0.825. The largest absolute Gasteiger partial charge is 0.365 e. The van der Waals surface area contributed by atoms with Crippen molar-refractivity contribution in [1.29, 1.82) is 0 Å². The molecular formula is C20H22N4O4S. The van der Waals surface area contributed by atoms with E-state index in [2.05, 4.69) is 10.3 Å². The molecule has 8 nitrogen and oxygen atoms in total. The molecule has 3 atom stereocenters. The number of anilines is 1. The molecule has 5 rings (SSSR count). The summed E-state index contributed by atoms with van der Waals surface area (Å²) in [6, 6.07) is 12.6. The van der Waals surface area contributed by atoms with E-state index in [0.29, 0.717) is 18.7 Å². The maximum Gasteiger partial charge on any atom is 0.322 e. The second-order valence-corrected chi connectivity index (χ2v) is 9.99. The summed E-state index contributed by atoms with van der Waals surface area (Å²) in [7, 11) is -3.50. The van der Waals surface area contributed by atoms with Gasteiger partial charge in [-0.15, -0.1) is 0 Å². The number of sulfonamides is 1. The van der Waals surface area contributed by atoms with Gasteiger partial charge in [-0.3, -0.25) is 4.98 Å². The van der Waals surface area contributed by atoms with Gasteiger partial charge in [0.15, 0.2) is 0 Å². The number of nitrogens with zero attached hydrogens (tertiary/aromatic N) is 3. The molecule has 3 saturated heterocycles. The average molecular weight is 414 g/mol. The number of para-hydroxylation sites is 1. The minimum Gasteiger partial charge on any atom is -0.365 e. The van der Waals surface area contributed by atoms with Crippen LogP contribution in [0.15, 0.2) is 54.9 Å². The van der Waals surface area contributed by atoms with E-state index in [4.69, 9.17) is 4.74 Å². The Balaban J connectivity index is 1.36. The summed E-state index contributed by atoms with van der Waals surface area (Å²) < 4.78 is 34.1. The average Bonchev–Trinajstić information content (AvgIpc) is 3.08. The Bertz CT molecular complexity index is 1020. The molecule has 0 unspecified atom stereocenters. The molecule has 1 N–H and O–H groups in total. The number of carbonyl (C=O) groups excluding carboxylic acids is 1. The van der Waals surface area contributed by atoms with E-state index in [9.17, 15) is 13.2 Å². The van der Waals surface area contributed by atoms with Crippen LogP contribution in [0, 0.1) is 0 Å². The molecule has 0 aliphatic carbocycles. The van der Waals surface area contributed by atoms with Crippen molar-refractivity contribution in [2.24, 2.45) is 0 Å². The van der Waals surface area contributed by atoms with E-state index in [1.165, 1.54) is 4.31 Å². The molecule has 29 heavy (non-hydrogen) atoms. The first-order valence-electron chi connectivity index (χ1n) is 9.63. The Morgan fingerprint density at radius 2 is 1.93 bits per heavy atom. The van der Waals surface area contributed by atoms with E-state index < -0.39 is 20.9 Å². The topological polar surface area (TPSA) is 91.8 Å². The third-order valence-electron chi connectivity index (χ3n) is 5.93. The smallest absolute Gasteiger partial charge is 0.322 e. The van der Waals surface area contributed by atoms with E-state index in [0.717, 1.165) is 5.56 Å². The minimum absolute atomic E-state index is 0.227. The van der Waals surface area contributed by atoms with Crippen LogP contribution < -0.4 is 5.32 Å². The summed E-state index contributed by atoms with van der Waals surface area (Å²) in [5, 5.41) is 2.28. The number of benzene rings is 1. The number of hydrogen-bond donors (Lipinski definition) is 1. The van der Waals surface area contributed by atoms with Crippen molar-refractivity contribution in [3.63, 3.8) is 0 Å².